The lowest BCUT2D eigenvalue weighted by molar-refractivity contribution is 0.132. The fourth-order valence-corrected chi connectivity index (χ4v) is 2.19. The van der Waals surface area contributed by atoms with Crippen LogP contribution >= 0.6 is 15.9 Å². The molecular weight excluding hydrogens is 272 g/mol. The summed E-state index contributed by atoms with van der Waals surface area (Å²) in [5, 5.41) is 0. The molecule has 0 unspecified atom stereocenters. The van der Waals surface area contributed by atoms with Gasteiger partial charge in [-0.05, 0) is 28.9 Å². The molecule has 0 spiro atoms. The van der Waals surface area contributed by atoms with Gasteiger partial charge in [0.15, 0.2) is 0 Å². The predicted octanol–water partition coefficient (Wildman–Crippen LogP) is 2.72. The summed E-state index contributed by atoms with van der Waals surface area (Å²) in [7, 11) is 3.32. The van der Waals surface area contributed by atoms with Crippen molar-refractivity contribution in [2.75, 3.05) is 14.2 Å². The van der Waals surface area contributed by atoms with Crippen LogP contribution in [-0.4, -0.2) is 23.8 Å². The van der Waals surface area contributed by atoms with Gasteiger partial charge in [0.25, 0.3) is 0 Å². The van der Waals surface area contributed by atoms with Gasteiger partial charge in [-0.2, -0.15) is 0 Å². The number of aryl methyl sites for hydroxylation is 1. The van der Waals surface area contributed by atoms with Crippen LogP contribution in [0.25, 0.3) is 11.0 Å². The Balaban J connectivity index is 2.67. The molecule has 2 aromatic rings. The third-order valence-corrected chi connectivity index (χ3v) is 3.09. The van der Waals surface area contributed by atoms with E-state index >= 15 is 0 Å². The molecule has 0 saturated heterocycles. The van der Waals surface area contributed by atoms with Gasteiger partial charge in [0, 0.05) is 13.2 Å². The zero-order chi connectivity index (χ0) is 11.7. The van der Waals surface area contributed by atoms with Crippen molar-refractivity contribution in [3.8, 4) is 5.75 Å². The highest BCUT2D eigenvalue weighted by Gasteiger charge is 2.10. The number of imidazole rings is 1. The number of nitrogens with zero attached hydrogens (tertiary/aromatic N) is 2. The number of fused-ring (bicyclic) bond motifs is 1. The summed E-state index contributed by atoms with van der Waals surface area (Å²) in [6.07, 6.45) is 0. The lowest BCUT2D eigenvalue weighted by atomic mass is 10.3. The van der Waals surface area contributed by atoms with Crippen molar-refractivity contribution in [2.45, 2.75) is 13.7 Å². The van der Waals surface area contributed by atoms with Gasteiger partial charge in [-0.25, -0.2) is 4.98 Å². The van der Waals surface area contributed by atoms with Crippen molar-refractivity contribution in [2.24, 2.45) is 0 Å². The van der Waals surface area contributed by atoms with E-state index in [4.69, 9.17) is 9.47 Å². The van der Waals surface area contributed by atoms with Gasteiger partial charge in [0.05, 0.1) is 22.6 Å². The van der Waals surface area contributed by atoms with Crippen LogP contribution in [-0.2, 0) is 11.5 Å². The second-order valence-corrected chi connectivity index (χ2v) is 4.33. The molecule has 0 fully saturated rings. The van der Waals surface area contributed by atoms with Gasteiger partial charge in [0.2, 0.25) is 0 Å². The minimum Gasteiger partial charge on any atom is -0.495 e. The lowest BCUT2D eigenvalue weighted by Crippen LogP contribution is -2.01. The molecule has 86 valence electrons. The highest BCUT2D eigenvalue weighted by Crippen LogP contribution is 2.30. The Labute approximate surface area is 102 Å². The molecule has 0 bridgehead atoms. The number of benzene rings is 1. The zero-order valence-electron chi connectivity index (χ0n) is 9.45. The second kappa shape index (κ2) is 4.43. The van der Waals surface area contributed by atoms with E-state index in [9.17, 15) is 0 Å². The van der Waals surface area contributed by atoms with Crippen LogP contribution in [0.4, 0.5) is 0 Å². The minimum absolute atomic E-state index is 0.493. The topological polar surface area (TPSA) is 36.3 Å². The Hall–Kier alpha value is -1.07. The summed E-state index contributed by atoms with van der Waals surface area (Å²) < 4.78 is 13.3. The molecule has 1 aromatic heterocycles. The fourth-order valence-electron chi connectivity index (χ4n) is 1.70. The maximum atomic E-state index is 5.27. The quantitative estimate of drug-likeness (QED) is 0.870. The number of hydrogen-bond donors (Lipinski definition) is 0. The molecule has 0 N–H and O–H groups in total. The Kier molecular flexibility index (Phi) is 3.16. The van der Waals surface area contributed by atoms with Gasteiger partial charge >= 0.3 is 0 Å². The third kappa shape index (κ3) is 1.81. The van der Waals surface area contributed by atoms with E-state index in [2.05, 4.69) is 20.9 Å². The van der Waals surface area contributed by atoms with Crippen molar-refractivity contribution >= 4 is 27.0 Å². The Morgan fingerprint density at radius 1 is 1.38 bits per heavy atom. The SMILES string of the molecule is COCn1c(C)nc2cc(Br)c(OC)cc21. The molecule has 1 aromatic carbocycles. The van der Waals surface area contributed by atoms with Crippen molar-refractivity contribution in [3.63, 3.8) is 0 Å². The van der Waals surface area contributed by atoms with Gasteiger partial charge < -0.3 is 14.0 Å². The predicted molar refractivity (Wildman–Crippen MR) is 65.7 cm³/mol. The third-order valence-electron chi connectivity index (χ3n) is 2.47. The molecule has 16 heavy (non-hydrogen) atoms. The summed E-state index contributed by atoms with van der Waals surface area (Å²) in [4.78, 5) is 4.47. The molecule has 2 rings (SSSR count). The van der Waals surface area contributed by atoms with E-state index in [-0.39, 0.29) is 0 Å². The first-order valence-corrected chi connectivity index (χ1v) is 5.66. The molecule has 0 amide bonds. The molecular formula is C11H13BrN2O2. The summed E-state index contributed by atoms with van der Waals surface area (Å²) in [6.45, 7) is 2.45. The molecule has 0 radical (unpaired) electrons. The van der Waals surface area contributed by atoms with Crippen LogP contribution in [0.3, 0.4) is 0 Å². The van der Waals surface area contributed by atoms with Crippen molar-refractivity contribution in [1.29, 1.82) is 0 Å². The average Bonchev–Trinajstić information content (AvgIpc) is 2.54. The summed E-state index contributed by atoms with van der Waals surface area (Å²) in [5.74, 6) is 1.72. The number of hydrogen-bond acceptors (Lipinski definition) is 3. The molecule has 0 atom stereocenters. The van der Waals surface area contributed by atoms with Gasteiger partial charge in [-0.1, -0.05) is 0 Å². The molecule has 4 nitrogen and oxygen atoms in total. The summed E-state index contributed by atoms with van der Waals surface area (Å²) in [5.41, 5.74) is 1.95. The molecule has 0 saturated carbocycles. The van der Waals surface area contributed by atoms with Crippen LogP contribution in [0.15, 0.2) is 16.6 Å². The zero-order valence-corrected chi connectivity index (χ0v) is 11.0. The number of halogens is 1. The smallest absolute Gasteiger partial charge is 0.135 e. The summed E-state index contributed by atoms with van der Waals surface area (Å²) in [6, 6.07) is 3.91. The van der Waals surface area contributed by atoms with E-state index in [1.165, 1.54) is 0 Å². The van der Waals surface area contributed by atoms with E-state index in [0.29, 0.717) is 6.73 Å². The highest BCUT2D eigenvalue weighted by molar-refractivity contribution is 9.10. The van der Waals surface area contributed by atoms with Crippen LogP contribution < -0.4 is 4.74 Å². The largest absolute Gasteiger partial charge is 0.495 e. The molecule has 5 heteroatoms. The highest BCUT2D eigenvalue weighted by atomic mass is 79.9. The molecule has 0 aliphatic heterocycles. The summed E-state index contributed by atoms with van der Waals surface area (Å²) >= 11 is 3.44. The van der Waals surface area contributed by atoms with Crippen molar-refractivity contribution in [1.82, 2.24) is 9.55 Å². The van der Waals surface area contributed by atoms with Gasteiger partial charge in [0.1, 0.15) is 18.3 Å². The number of rotatable bonds is 3. The number of aromatic nitrogens is 2. The maximum absolute atomic E-state index is 5.27. The van der Waals surface area contributed by atoms with Crippen LogP contribution in [0.2, 0.25) is 0 Å². The monoisotopic (exact) mass is 284 g/mol. The van der Waals surface area contributed by atoms with Gasteiger partial charge in [-0.15, -0.1) is 0 Å². The first-order chi connectivity index (χ1) is 7.67. The van der Waals surface area contributed by atoms with Crippen molar-refractivity contribution in [3.05, 3.63) is 22.4 Å². The van der Waals surface area contributed by atoms with Crippen molar-refractivity contribution < 1.29 is 9.47 Å². The van der Waals surface area contributed by atoms with Gasteiger partial charge in [-0.3, -0.25) is 0 Å². The van der Waals surface area contributed by atoms with Crippen LogP contribution in [0, 0.1) is 6.92 Å². The maximum Gasteiger partial charge on any atom is 0.135 e. The van der Waals surface area contributed by atoms with E-state index < -0.39 is 0 Å². The standard InChI is InChI=1S/C11H13BrN2O2/c1-7-13-9-4-8(12)11(16-3)5-10(9)14(7)6-15-2/h4-5H,6H2,1-3H3. The van der Waals surface area contributed by atoms with E-state index in [1.54, 1.807) is 14.2 Å². The van der Waals surface area contributed by atoms with E-state index in [0.717, 1.165) is 27.1 Å². The van der Waals surface area contributed by atoms with Crippen LogP contribution in [0.1, 0.15) is 5.82 Å². The first-order valence-electron chi connectivity index (χ1n) is 4.86. The first kappa shape index (κ1) is 11.4. The minimum atomic E-state index is 0.493. The molecule has 1 heterocycles. The lowest BCUT2D eigenvalue weighted by Gasteiger charge is -2.06. The Morgan fingerprint density at radius 2 is 2.12 bits per heavy atom. The van der Waals surface area contributed by atoms with Crippen LogP contribution in [0.5, 0.6) is 5.75 Å². The Morgan fingerprint density at radius 3 is 2.75 bits per heavy atom. The molecule has 0 aliphatic rings. The number of methoxy groups -OCH3 is 2. The second-order valence-electron chi connectivity index (χ2n) is 3.48. The Bertz CT molecular complexity index is 522. The normalized spacial score (nSPS) is 11.0. The number of ether oxygens (including phenoxy) is 2. The van der Waals surface area contributed by atoms with E-state index in [1.807, 2.05) is 23.6 Å². The molecule has 0 aliphatic carbocycles. The fraction of sp³-hybridized carbons (Fsp3) is 0.364. The average molecular weight is 285 g/mol.